The molecular weight excluding hydrogens is 479 g/mol. The molecule has 1 aliphatic heterocycles. The normalized spacial score (nSPS) is 16.0. The number of aromatic nitrogens is 2. The van der Waals surface area contributed by atoms with E-state index in [0.29, 0.717) is 30.0 Å². The molecule has 6 nitrogen and oxygen atoms in total. The number of benzene rings is 2. The van der Waals surface area contributed by atoms with Crippen LogP contribution < -0.4 is 4.72 Å². The van der Waals surface area contributed by atoms with Crippen LogP contribution in [0.4, 0.5) is 13.2 Å². The lowest BCUT2D eigenvalue weighted by molar-refractivity contribution is -0.137. The molecule has 4 rings (SSSR count). The van der Waals surface area contributed by atoms with Gasteiger partial charge in [0.1, 0.15) is 5.69 Å². The van der Waals surface area contributed by atoms with Gasteiger partial charge < -0.3 is 4.74 Å². The molecule has 35 heavy (non-hydrogen) atoms. The summed E-state index contributed by atoms with van der Waals surface area (Å²) in [5, 5.41) is 4.57. The fraction of sp³-hybridized carbons (Fsp3) is 0.320. The van der Waals surface area contributed by atoms with Crippen LogP contribution in [0.3, 0.4) is 0 Å². The Labute approximate surface area is 202 Å². The zero-order valence-corrected chi connectivity index (χ0v) is 20.2. The minimum Gasteiger partial charge on any atom is -0.373 e. The van der Waals surface area contributed by atoms with Gasteiger partial charge in [-0.25, -0.2) is 17.8 Å². The Kier molecular flexibility index (Phi) is 6.77. The Morgan fingerprint density at radius 2 is 1.74 bits per heavy atom. The monoisotopic (exact) mass is 503 g/mol. The number of alkyl halides is 3. The van der Waals surface area contributed by atoms with E-state index < -0.39 is 21.8 Å². The van der Waals surface area contributed by atoms with Crippen LogP contribution in [-0.2, 0) is 34.0 Å². The predicted octanol–water partition coefficient (Wildman–Crippen LogP) is 4.44. The molecule has 0 unspecified atom stereocenters. The maximum Gasteiger partial charge on any atom is 0.416 e. The van der Waals surface area contributed by atoms with E-state index in [1.54, 1.807) is 30.7 Å². The van der Waals surface area contributed by atoms with Gasteiger partial charge in [0.15, 0.2) is 0 Å². The number of rotatable bonds is 4. The van der Waals surface area contributed by atoms with E-state index in [9.17, 15) is 21.6 Å². The highest BCUT2D eigenvalue weighted by Gasteiger charge is 2.30. The van der Waals surface area contributed by atoms with E-state index in [4.69, 9.17) is 4.74 Å². The molecule has 2 aromatic carbocycles. The van der Waals surface area contributed by atoms with Gasteiger partial charge in [-0.1, -0.05) is 5.92 Å². The summed E-state index contributed by atoms with van der Waals surface area (Å²) in [6, 6.07) is 10.8. The van der Waals surface area contributed by atoms with E-state index in [1.807, 2.05) is 6.92 Å². The van der Waals surface area contributed by atoms with Crippen LogP contribution in [0.25, 0.3) is 5.69 Å². The third-order valence-corrected chi connectivity index (χ3v) is 7.08. The summed E-state index contributed by atoms with van der Waals surface area (Å²) in [6.45, 7) is 5.69. The summed E-state index contributed by atoms with van der Waals surface area (Å²) in [4.78, 5) is 0.142. The van der Waals surface area contributed by atoms with Gasteiger partial charge in [0.25, 0.3) is 0 Å². The average molecular weight is 504 g/mol. The number of hydrogen-bond donors (Lipinski definition) is 1. The van der Waals surface area contributed by atoms with E-state index in [-0.39, 0.29) is 17.0 Å². The van der Waals surface area contributed by atoms with Crippen LogP contribution >= 0.6 is 0 Å². The van der Waals surface area contributed by atoms with Crippen molar-refractivity contribution in [1.29, 1.82) is 0 Å². The molecule has 0 bridgehead atoms. The summed E-state index contributed by atoms with van der Waals surface area (Å²) in [6.07, 6.45) is -3.94. The van der Waals surface area contributed by atoms with Crippen molar-refractivity contribution in [2.24, 2.45) is 0 Å². The number of halogens is 3. The largest absolute Gasteiger partial charge is 0.416 e. The van der Waals surface area contributed by atoms with E-state index >= 15 is 0 Å². The van der Waals surface area contributed by atoms with E-state index in [2.05, 4.69) is 21.7 Å². The van der Waals surface area contributed by atoms with Crippen molar-refractivity contribution in [3.05, 3.63) is 76.6 Å². The summed E-state index contributed by atoms with van der Waals surface area (Å²) in [5.74, 6) is 6.00. The SMILES string of the molecule is CC(C)NS(=O)(=O)c1ccc(C#Cc2nn(-c3ccc(C(F)(F)F)cc3)c3c2CO[C@@H](C)C3)cc1. The highest BCUT2D eigenvalue weighted by Crippen LogP contribution is 2.31. The molecule has 1 aromatic heterocycles. The number of hydrogen-bond acceptors (Lipinski definition) is 4. The Morgan fingerprint density at radius 1 is 1.09 bits per heavy atom. The Morgan fingerprint density at radius 3 is 2.34 bits per heavy atom. The van der Waals surface area contributed by atoms with Crippen molar-refractivity contribution in [3.63, 3.8) is 0 Å². The quantitative estimate of drug-likeness (QED) is 0.535. The molecule has 1 aliphatic rings. The first kappa shape index (κ1) is 25.0. The fourth-order valence-electron chi connectivity index (χ4n) is 3.74. The highest BCUT2D eigenvalue weighted by molar-refractivity contribution is 7.89. The molecule has 184 valence electrons. The number of nitrogens with zero attached hydrogens (tertiary/aromatic N) is 2. The lowest BCUT2D eigenvalue weighted by Crippen LogP contribution is -2.30. The molecule has 1 atom stereocenters. The maximum absolute atomic E-state index is 13.0. The van der Waals surface area contributed by atoms with E-state index in [0.717, 1.165) is 23.4 Å². The van der Waals surface area contributed by atoms with Gasteiger partial charge in [0.05, 0.1) is 34.6 Å². The Bertz CT molecular complexity index is 1380. The minimum absolute atomic E-state index is 0.0675. The number of sulfonamides is 1. The van der Waals surface area contributed by atoms with Crippen LogP contribution in [0.2, 0.25) is 0 Å². The van der Waals surface area contributed by atoms with Gasteiger partial charge >= 0.3 is 6.18 Å². The smallest absolute Gasteiger partial charge is 0.373 e. The molecule has 1 N–H and O–H groups in total. The highest BCUT2D eigenvalue weighted by atomic mass is 32.2. The second-order valence-corrected chi connectivity index (χ2v) is 10.3. The molecule has 0 amide bonds. The molecule has 10 heteroatoms. The van der Waals surface area contributed by atoms with Crippen molar-refractivity contribution in [3.8, 4) is 17.5 Å². The van der Waals surface area contributed by atoms with Crippen LogP contribution in [0.15, 0.2) is 53.4 Å². The van der Waals surface area contributed by atoms with Gasteiger partial charge in [-0.05, 0) is 75.2 Å². The third kappa shape index (κ3) is 5.59. The zero-order valence-electron chi connectivity index (χ0n) is 19.3. The molecule has 0 radical (unpaired) electrons. The van der Waals surface area contributed by atoms with Crippen LogP contribution in [0.5, 0.6) is 0 Å². The standard InChI is InChI=1S/C25H24F3N3O3S/c1-16(2)30-35(32,33)21-11-4-18(5-12-21)6-13-23-22-15-34-17(3)14-24(22)31(29-23)20-9-7-19(8-10-20)25(26,27)28/h4-5,7-12,16-17,30H,14-15H2,1-3H3/t17-/m0/s1. The lowest BCUT2D eigenvalue weighted by atomic mass is 10.0. The molecule has 0 aliphatic carbocycles. The number of ether oxygens (including phenoxy) is 1. The molecule has 2 heterocycles. The maximum atomic E-state index is 13.0. The Hall–Kier alpha value is -3.13. The second kappa shape index (κ2) is 9.49. The summed E-state index contributed by atoms with van der Waals surface area (Å²) in [5.41, 5.74) is 2.46. The number of fused-ring (bicyclic) bond motifs is 1. The molecule has 0 fully saturated rings. The van der Waals surface area contributed by atoms with E-state index in [1.165, 1.54) is 24.3 Å². The third-order valence-electron chi connectivity index (χ3n) is 5.40. The minimum atomic E-state index is -4.42. The van der Waals surface area contributed by atoms with Gasteiger partial charge in [-0.3, -0.25) is 0 Å². The zero-order chi connectivity index (χ0) is 25.4. The second-order valence-electron chi connectivity index (χ2n) is 8.61. The van der Waals surface area contributed by atoms with Crippen molar-refractivity contribution in [1.82, 2.24) is 14.5 Å². The molecule has 0 saturated carbocycles. The van der Waals surface area contributed by atoms with Gasteiger partial charge in [-0.2, -0.15) is 18.3 Å². The molecular formula is C25H24F3N3O3S. The molecule has 0 saturated heterocycles. The number of nitrogens with one attached hydrogen (secondary N) is 1. The van der Waals surface area contributed by atoms with Crippen molar-refractivity contribution < 1.29 is 26.3 Å². The van der Waals surface area contributed by atoms with Crippen molar-refractivity contribution >= 4 is 10.0 Å². The van der Waals surface area contributed by atoms with Crippen molar-refractivity contribution in [2.45, 2.75) is 57.0 Å². The molecule has 0 spiro atoms. The summed E-state index contributed by atoms with van der Waals surface area (Å²) in [7, 11) is -3.60. The lowest BCUT2D eigenvalue weighted by Gasteiger charge is -2.21. The first-order valence-electron chi connectivity index (χ1n) is 11.0. The Balaban J connectivity index is 1.66. The average Bonchev–Trinajstić information content (AvgIpc) is 3.14. The van der Waals surface area contributed by atoms with Gasteiger partial charge in [0, 0.05) is 23.6 Å². The summed E-state index contributed by atoms with van der Waals surface area (Å²) >= 11 is 0. The van der Waals surface area contributed by atoms with Crippen molar-refractivity contribution in [2.75, 3.05) is 0 Å². The van der Waals surface area contributed by atoms with Crippen LogP contribution in [0.1, 0.15) is 48.8 Å². The summed E-state index contributed by atoms with van der Waals surface area (Å²) < 4.78 is 73.4. The topological polar surface area (TPSA) is 73.2 Å². The fourth-order valence-corrected chi connectivity index (χ4v) is 4.99. The first-order valence-corrected chi connectivity index (χ1v) is 12.5. The van der Waals surface area contributed by atoms with Gasteiger partial charge in [0.2, 0.25) is 10.0 Å². The predicted molar refractivity (Wildman–Crippen MR) is 124 cm³/mol. The molecule has 3 aromatic rings. The van der Waals surface area contributed by atoms with Crippen LogP contribution in [-0.4, -0.2) is 30.3 Å². The first-order chi connectivity index (χ1) is 16.4. The van der Waals surface area contributed by atoms with Gasteiger partial charge in [-0.15, -0.1) is 0 Å². The van der Waals surface area contributed by atoms with Crippen LogP contribution in [0, 0.1) is 11.8 Å².